The van der Waals surface area contributed by atoms with Crippen LogP contribution in [0.5, 0.6) is 5.75 Å². The molecule has 0 aliphatic rings. The molecule has 0 fully saturated rings. The standard InChI is InChI=1S/C12H11NOS/c1-4-9(2)14-11-6-5-7-12(15-3)10(11)8-13/h1,5-7,9H,2-3H3. The normalized spacial score (nSPS) is 11.2. The molecule has 0 aliphatic carbocycles. The second kappa shape index (κ2) is 5.34. The fourth-order valence-electron chi connectivity index (χ4n) is 1.11. The molecule has 0 amide bonds. The van der Waals surface area contributed by atoms with Gasteiger partial charge in [0.25, 0.3) is 0 Å². The second-order valence-corrected chi connectivity index (χ2v) is 3.72. The minimum absolute atomic E-state index is 0.325. The second-order valence-electron chi connectivity index (χ2n) is 2.87. The van der Waals surface area contributed by atoms with E-state index >= 15 is 0 Å². The van der Waals surface area contributed by atoms with E-state index in [2.05, 4.69) is 12.0 Å². The molecule has 0 saturated heterocycles. The van der Waals surface area contributed by atoms with Crippen LogP contribution < -0.4 is 4.74 Å². The van der Waals surface area contributed by atoms with E-state index < -0.39 is 0 Å². The van der Waals surface area contributed by atoms with E-state index in [0.29, 0.717) is 11.3 Å². The van der Waals surface area contributed by atoms with Gasteiger partial charge in [0.2, 0.25) is 0 Å². The SMILES string of the molecule is C#CC(C)Oc1cccc(SC)c1C#N. The van der Waals surface area contributed by atoms with Crippen LogP contribution in [-0.2, 0) is 0 Å². The lowest BCUT2D eigenvalue weighted by atomic mass is 10.2. The van der Waals surface area contributed by atoms with Crippen molar-refractivity contribution < 1.29 is 4.74 Å². The topological polar surface area (TPSA) is 33.0 Å². The summed E-state index contributed by atoms with van der Waals surface area (Å²) in [5, 5.41) is 9.02. The van der Waals surface area contributed by atoms with Gasteiger partial charge in [-0.15, -0.1) is 18.2 Å². The highest BCUT2D eigenvalue weighted by atomic mass is 32.2. The van der Waals surface area contributed by atoms with Gasteiger partial charge in [-0.05, 0) is 25.3 Å². The molecule has 76 valence electrons. The van der Waals surface area contributed by atoms with Crippen molar-refractivity contribution in [2.75, 3.05) is 6.26 Å². The third-order valence-corrected chi connectivity index (χ3v) is 2.64. The number of rotatable bonds is 3. The van der Waals surface area contributed by atoms with Crippen LogP contribution in [0.2, 0.25) is 0 Å². The van der Waals surface area contributed by atoms with Crippen molar-refractivity contribution in [2.24, 2.45) is 0 Å². The number of ether oxygens (including phenoxy) is 1. The first-order valence-corrected chi connectivity index (χ1v) is 5.65. The fourth-order valence-corrected chi connectivity index (χ4v) is 1.68. The van der Waals surface area contributed by atoms with Crippen LogP contribution in [0, 0.1) is 23.7 Å². The van der Waals surface area contributed by atoms with Crippen molar-refractivity contribution in [3.63, 3.8) is 0 Å². The highest BCUT2D eigenvalue weighted by molar-refractivity contribution is 7.98. The average Bonchev–Trinajstić information content (AvgIpc) is 2.28. The van der Waals surface area contributed by atoms with E-state index in [-0.39, 0.29) is 6.10 Å². The smallest absolute Gasteiger partial charge is 0.156 e. The molecule has 3 heteroatoms. The molecular formula is C12H11NOS. The molecule has 0 N–H and O–H groups in total. The quantitative estimate of drug-likeness (QED) is 0.576. The fraction of sp³-hybridized carbons (Fsp3) is 0.250. The van der Waals surface area contributed by atoms with Gasteiger partial charge in [-0.3, -0.25) is 0 Å². The number of benzene rings is 1. The maximum absolute atomic E-state index is 9.02. The van der Waals surface area contributed by atoms with Crippen molar-refractivity contribution in [3.8, 4) is 24.2 Å². The molecule has 1 aromatic carbocycles. The van der Waals surface area contributed by atoms with Crippen LogP contribution in [0.15, 0.2) is 23.1 Å². The summed E-state index contributed by atoms with van der Waals surface area (Å²) >= 11 is 1.51. The number of terminal acetylenes is 1. The Morgan fingerprint density at radius 2 is 2.27 bits per heavy atom. The minimum atomic E-state index is -0.325. The van der Waals surface area contributed by atoms with E-state index in [1.807, 2.05) is 18.4 Å². The molecule has 1 unspecified atom stereocenters. The highest BCUT2D eigenvalue weighted by Gasteiger charge is 2.09. The molecule has 0 radical (unpaired) electrons. The molecule has 0 aliphatic heterocycles. The monoisotopic (exact) mass is 217 g/mol. The van der Waals surface area contributed by atoms with Crippen molar-refractivity contribution in [3.05, 3.63) is 23.8 Å². The molecule has 0 saturated carbocycles. The van der Waals surface area contributed by atoms with Crippen molar-refractivity contribution in [1.29, 1.82) is 5.26 Å². The first-order valence-electron chi connectivity index (χ1n) is 4.42. The zero-order valence-electron chi connectivity index (χ0n) is 8.65. The number of nitrogens with zero attached hydrogens (tertiary/aromatic N) is 1. The van der Waals surface area contributed by atoms with Gasteiger partial charge in [0, 0.05) is 4.90 Å². The summed E-state index contributed by atoms with van der Waals surface area (Å²) < 4.78 is 5.46. The number of thioether (sulfide) groups is 1. The van der Waals surface area contributed by atoms with Crippen LogP contribution in [0.3, 0.4) is 0 Å². The predicted octanol–water partition coefficient (Wildman–Crippen LogP) is 2.68. The molecule has 2 nitrogen and oxygen atoms in total. The number of hydrogen-bond acceptors (Lipinski definition) is 3. The zero-order valence-corrected chi connectivity index (χ0v) is 9.47. The minimum Gasteiger partial charge on any atom is -0.477 e. The molecule has 15 heavy (non-hydrogen) atoms. The van der Waals surface area contributed by atoms with Crippen LogP contribution in [0.4, 0.5) is 0 Å². The van der Waals surface area contributed by atoms with Crippen molar-refractivity contribution in [1.82, 2.24) is 0 Å². The maximum atomic E-state index is 9.02. The van der Waals surface area contributed by atoms with E-state index in [4.69, 9.17) is 16.4 Å². The van der Waals surface area contributed by atoms with Crippen LogP contribution in [0.25, 0.3) is 0 Å². The first kappa shape index (κ1) is 11.5. The van der Waals surface area contributed by atoms with Crippen LogP contribution in [-0.4, -0.2) is 12.4 Å². The van der Waals surface area contributed by atoms with Crippen molar-refractivity contribution >= 4 is 11.8 Å². The molecule has 0 heterocycles. The molecule has 0 aromatic heterocycles. The zero-order chi connectivity index (χ0) is 11.3. The van der Waals surface area contributed by atoms with Crippen molar-refractivity contribution in [2.45, 2.75) is 17.9 Å². The summed E-state index contributed by atoms with van der Waals surface area (Å²) in [5.74, 6) is 3.01. The predicted molar refractivity (Wildman–Crippen MR) is 61.9 cm³/mol. The Kier molecular flexibility index (Phi) is 4.09. The molecule has 0 bridgehead atoms. The van der Waals surface area contributed by atoms with Crippen LogP contribution in [0.1, 0.15) is 12.5 Å². The summed E-state index contributed by atoms with van der Waals surface area (Å²) in [4.78, 5) is 0.902. The Bertz CT molecular complexity index is 428. The van der Waals surface area contributed by atoms with Gasteiger partial charge in [-0.1, -0.05) is 12.0 Å². The summed E-state index contributed by atoms with van der Waals surface area (Å²) in [5.41, 5.74) is 0.548. The third kappa shape index (κ3) is 2.68. The van der Waals surface area contributed by atoms with Gasteiger partial charge < -0.3 is 4.74 Å². The number of nitriles is 1. The van der Waals surface area contributed by atoms with Gasteiger partial charge in [-0.25, -0.2) is 0 Å². The molecule has 0 spiro atoms. The summed E-state index contributed by atoms with van der Waals surface area (Å²) in [6.07, 6.45) is 6.82. The lowest BCUT2D eigenvalue weighted by molar-refractivity contribution is 0.277. The van der Waals surface area contributed by atoms with Gasteiger partial charge in [0.15, 0.2) is 6.10 Å². The summed E-state index contributed by atoms with van der Waals surface area (Å²) in [6.45, 7) is 1.77. The van der Waals surface area contributed by atoms with E-state index in [9.17, 15) is 0 Å². The Hall–Kier alpha value is -1.58. The largest absolute Gasteiger partial charge is 0.477 e. The Labute approximate surface area is 94.2 Å². The molecule has 1 aromatic rings. The van der Waals surface area contributed by atoms with E-state index in [1.54, 1.807) is 13.0 Å². The summed E-state index contributed by atoms with van der Waals surface area (Å²) in [7, 11) is 0. The molecular weight excluding hydrogens is 206 g/mol. The van der Waals surface area contributed by atoms with Crippen LogP contribution >= 0.6 is 11.8 Å². The highest BCUT2D eigenvalue weighted by Crippen LogP contribution is 2.28. The Balaban J connectivity index is 3.09. The number of hydrogen-bond donors (Lipinski definition) is 0. The maximum Gasteiger partial charge on any atom is 0.156 e. The Morgan fingerprint density at radius 3 is 2.80 bits per heavy atom. The van der Waals surface area contributed by atoms with Gasteiger partial charge in [0.05, 0.1) is 0 Å². The third-order valence-electron chi connectivity index (χ3n) is 1.86. The molecule has 1 atom stereocenters. The van der Waals surface area contributed by atoms with E-state index in [1.165, 1.54) is 11.8 Å². The Morgan fingerprint density at radius 1 is 1.53 bits per heavy atom. The van der Waals surface area contributed by atoms with Gasteiger partial charge in [0.1, 0.15) is 17.4 Å². The lowest BCUT2D eigenvalue weighted by Crippen LogP contribution is -2.09. The summed E-state index contributed by atoms with van der Waals surface area (Å²) in [6, 6.07) is 7.62. The average molecular weight is 217 g/mol. The molecule has 1 rings (SSSR count). The van der Waals surface area contributed by atoms with Gasteiger partial charge >= 0.3 is 0 Å². The lowest BCUT2D eigenvalue weighted by Gasteiger charge is -2.11. The van der Waals surface area contributed by atoms with E-state index in [0.717, 1.165) is 4.90 Å². The first-order chi connectivity index (χ1) is 7.22. The van der Waals surface area contributed by atoms with Gasteiger partial charge in [-0.2, -0.15) is 5.26 Å².